The van der Waals surface area contributed by atoms with Crippen LogP contribution in [0.1, 0.15) is 6.92 Å². The first-order valence-corrected chi connectivity index (χ1v) is 10.0. The molecule has 0 bridgehead atoms. The molecular weight excluding hydrogens is 431 g/mol. The van der Waals surface area contributed by atoms with Crippen molar-refractivity contribution in [1.29, 1.82) is 0 Å². The Morgan fingerprint density at radius 3 is 2.32 bits per heavy atom. The van der Waals surface area contributed by atoms with E-state index in [0.717, 1.165) is 7.11 Å². The number of ether oxygens (including phenoxy) is 2. The van der Waals surface area contributed by atoms with Crippen molar-refractivity contribution in [3.8, 4) is 5.75 Å². The van der Waals surface area contributed by atoms with E-state index in [1.165, 1.54) is 31.2 Å². The van der Waals surface area contributed by atoms with Crippen LogP contribution in [0.4, 0.5) is 10.5 Å². The molecule has 0 radical (unpaired) electrons. The third kappa shape index (κ3) is 5.51. The van der Waals surface area contributed by atoms with Crippen molar-refractivity contribution < 1.29 is 27.5 Å². The third-order valence-corrected chi connectivity index (χ3v) is 5.55. The molecule has 1 unspecified atom stereocenters. The molecule has 0 fully saturated rings. The summed E-state index contributed by atoms with van der Waals surface area (Å²) in [5.41, 5.74) is 0.328. The second-order valence-corrected chi connectivity index (χ2v) is 7.89. The lowest BCUT2D eigenvalue weighted by molar-refractivity contribution is -0.122. The average Bonchev–Trinajstić information content (AvgIpc) is 2.65. The van der Waals surface area contributed by atoms with Crippen molar-refractivity contribution in [3.63, 3.8) is 0 Å². The molecular formula is C17H16Cl2N2O6S. The number of rotatable bonds is 6. The van der Waals surface area contributed by atoms with E-state index in [-0.39, 0.29) is 15.7 Å². The zero-order chi connectivity index (χ0) is 20.9. The highest BCUT2D eigenvalue weighted by Gasteiger charge is 2.19. The zero-order valence-electron chi connectivity index (χ0n) is 14.7. The van der Waals surface area contributed by atoms with Gasteiger partial charge in [-0.3, -0.25) is 4.79 Å². The van der Waals surface area contributed by atoms with E-state index in [9.17, 15) is 18.0 Å². The van der Waals surface area contributed by atoms with E-state index in [2.05, 4.69) is 10.1 Å². The van der Waals surface area contributed by atoms with Crippen LogP contribution in [0.15, 0.2) is 47.4 Å². The Labute approximate surface area is 171 Å². The van der Waals surface area contributed by atoms with Gasteiger partial charge in [0.05, 0.1) is 17.0 Å². The van der Waals surface area contributed by atoms with Crippen molar-refractivity contribution >= 4 is 50.9 Å². The van der Waals surface area contributed by atoms with Crippen LogP contribution in [0.3, 0.4) is 0 Å². The Morgan fingerprint density at radius 1 is 1.07 bits per heavy atom. The molecule has 1 atom stereocenters. The fourth-order valence-electron chi connectivity index (χ4n) is 1.99. The van der Waals surface area contributed by atoms with E-state index in [1.807, 2.05) is 0 Å². The Bertz CT molecular complexity index is 980. The van der Waals surface area contributed by atoms with E-state index in [4.69, 9.17) is 27.9 Å². The van der Waals surface area contributed by atoms with Crippen molar-refractivity contribution in [3.05, 3.63) is 52.5 Å². The molecule has 0 saturated heterocycles. The van der Waals surface area contributed by atoms with Crippen LogP contribution in [0.2, 0.25) is 10.0 Å². The summed E-state index contributed by atoms with van der Waals surface area (Å²) in [5, 5.41) is 3.07. The van der Waals surface area contributed by atoms with Gasteiger partial charge in [0, 0.05) is 5.69 Å². The highest BCUT2D eigenvalue weighted by molar-refractivity contribution is 7.90. The van der Waals surface area contributed by atoms with Gasteiger partial charge in [-0.1, -0.05) is 29.3 Å². The van der Waals surface area contributed by atoms with Crippen LogP contribution in [-0.2, 0) is 19.6 Å². The lowest BCUT2D eigenvalue weighted by atomic mass is 10.3. The maximum Gasteiger partial charge on any atom is 0.420 e. The highest BCUT2D eigenvalue weighted by atomic mass is 35.5. The molecule has 0 heterocycles. The smallest absolute Gasteiger partial charge is 0.420 e. The third-order valence-electron chi connectivity index (χ3n) is 3.42. The number of benzene rings is 2. The SMILES string of the molecule is COC(=O)NS(=O)(=O)c1ccc(NC(=O)C(C)Oc2cccc(Cl)c2Cl)cc1. The quantitative estimate of drug-likeness (QED) is 0.702. The Kier molecular flexibility index (Phi) is 7.11. The van der Waals surface area contributed by atoms with Gasteiger partial charge in [0.1, 0.15) is 10.8 Å². The van der Waals surface area contributed by atoms with Gasteiger partial charge in [0.15, 0.2) is 6.10 Å². The topological polar surface area (TPSA) is 111 Å². The first-order chi connectivity index (χ1) is 13.1. The maximum atomic E-state index is 12.3. The summed E-state index contributed by atoms with van der Waals surface area (Å²) in [4.78, 5) is 23.2. The molecule has 2 rings (SSSR count). The predicted molar refractivity (Wildman–Crippen MR) is 104 cm³/mol. The number of amides is 2. The molecule has 0 saturated carbocycles. The van der Waals surface area contributed by atoms with Crippen LogP contribution in [-0.4, -0.2) is 33.6 Å². The van der Waals surface area contributed by atoms with Crippen LogP contribution in [0, 0.1) is 0 Å². The van der Waals surface area contributed by atoms with E-state index in [0.29, 0.717) is 10.7 Å². The summed E-state index contributed by atoms with van der Waals surface area (Å²) < 4.78 is 35.4. The second-order valence-electron chi connectivity index (χ2n) is 5.42. The van der Waals surface area contributed by atoms with Crippen molar-refractivity contribution in [2.24, 2.45) is 0 Å². The van der Waals surface area contributed by atoms with Gasteiger partial charge >= 0.3 is 6.09 Å². The largest absolute Gasteiger partial charge is 0.479 e. The second kappa shape index (κ2) is 9.13. The van der Waals surface area contributed by atoms with Gasteiger partial charge in [-0.2, -0.15) is 0 Å². The van der Waals surface area contributed by atoms with Crippen molar-refractivity contribution in [2.45, 2.75) is 17.9 Å². The van der Waals surface area contributed by atoms with Gasteiger partial charge < -0.3 is 14.8 Å². The van der Waals surface area contributed by atoms with Gasteiger partial charge in [-0.05, 0) is 43.3 Å². The van der Waals surface area contributed by atoms with Crippen molar-refractivity contribution in [1.82, 2.24) is 4.72 Å². The number of nitrogens with one attached hydrogen (secondary N) is 2. The predicted octanol–water partition coefficient (Wildman–Crippen LogP) is 3.44. The summed E-state index contributed by atoms with van der Waals surface area (Å²) in [7, 11) is -3.03. The number of halogens is 2. The molecule has 0 aliphatic heterocycles. The van der Waals surface area contributed by atoms with Crippen molar-refractivity contribution in [2.75, 3.05) is 12.4 Å². The highest BCUT2D eigenvalue weighted by Crippen LogP contribution is 2.32. The lowest BCUT2D eigenvalue weighted by Gasteiger charge is -2.16. The fraction of sp³-hybridized carbons (Fsp3) is 0.176. The van der Waals surface area contributed by atoms with Crippen LogP contribution < -0.4 is 14.8 Å². The van der Waals surface area contributed by atoms with Gasteiger partial charge in [0.25, 0.3) is 15.9 Å². The molecule has 0 aliphatic carbocycles. The zero-order valence-corrected chi connectivity index (χ0v) is 17.1. The van der Waals surface area contributed by atoms with E-state index in [1.54, 1.807) is 22.9 Å². The molecule has 11 heteroatoms. The number of sulfonamides is 1. The minimum absolute atomic E-state index is 0.175. The molecule has 150 valence electrons. The molecule has 0 aromatic heterocycles. The van der Waals surface area contributed by atoms with Gasteiger partial charge in [-0.25, -0.2) is 17.9 Å². The number of hydrogen-bond acceptors (Lipinski definition) is 6. The molecule has 2 amide bonds. The number of carbonyl (C=O) groups excluding carboxylic acids is 2. The average molecular weight is 447 g/mol. The van der Waals surface area contributed by atoms with Gasteiger partial charge in [0.2, 0.25) is 0 Å². The van der Waals surface area contributed by atoms with Crippen LogP contribution >= 0.6 is 23.2 Å². The molecule has 8 nitrogen and oxygen atoms in total. The number of carbonyl (C=O) groups is 2. The summed E-state index contributed by atoms with van der Waals surface area (Å²) in [6.07, 6.45) is -2.01. The van der Waals surface area contributed by atoms with Crippen LogP contribution in [0.5, 0.6) is 5.75 Å². The Balaban J connectivity index is 2.04. The summed E-state index contributed by atoms with van der Waals surface area (Å²) >= 11 is 11.9. The Hall–Kier alpha value is -2.49. The molecule has 28 heavy (non-hydrogen) atoms. The summed E-state index contributed by atoms with van der Waals surface area (Å²) in [6, 6.07) is 9.97. The number of hydrogen-bond donors (Lipinski definition) is 2. The standard InChI is InChI=1S/C17H16Cl2N2O6S/c1-10(27-14-5-3-4-13(18)15(14)19)16(22)20-11-6-8-12(9-7-11)28(24,25)21-17(23)26-2/h3-10H,1-2H3,(H,20,22)(H,21,23). The number of methoxy groups -OCH3 is 1. The minimum atomic E-state index is -4.07. The summed E-state index contributed by atoms with van der Waals surface area (Å²) in [5.74, 6) is -0.230. The molecule has 2 aromatic carbocycles. The first kappa shape index (κ1) is 21.8. The molecule has 0 spiro atoms. The Morgan fingerprint density at radius 2 is 1.71 bits per heavy atom. The molecule has 2 N–H and O–H groups in total. The minimum Gasteiger partial charge on any atom is -0.479 e. The molecule has 2 aromatic rings. The lowest BCUT2D eigenvalue weighted by Crippen LogP contribution is -2.31. The van der Waals surface area contributed by atoms with Gasteiger partial charge in [-0.15, -0.1) is 0 Å². The normalized spacial score (nSPS) is 12.0. The summed E-state index contributed by atoms with van der Waals surface area (Å²) in [6.45, 7) is 1.52. The maximum absolute atomic E-state index is 12.3. The van der Waals surface area contributed by atoms with Crippen LogP contribution in [0.25, 0.3) is 0 Å². The van der Waals surface area contributed by atoms with E-state index >= 15 is 0 Å². The number of anilines is 1. The fourth-order valence-corrected chi connectivity index (χ4v) is 3.24. The first-order valence-electron chi connectivity index (χ1n) is 7.76. The molecule has 0 aliphatic rings. The monoisotopic (exact) mass is 446 g/mol. The van der Waals surface area contributed by atoms with E-state index < -0.39 is 28.1 Å².